The Balaban J connectivity index is 2.08. The maximum absolute atomic E-state index is 11.8. The van der Waals surface area contributed by atoms with Gasteiger partial charge in [-0.1, -0.05) is 5.16 Å². The van der Waals surface area contributed by atoms with Crippen LogP contribution in [-0.4, -0.2) is 23.7 Å². The summed E-state index contributed by atoms with van der Waals surface area (Å²) in [7, 11) is -3.60. The molecule has 0 unspecified atom stereocenters. The summed E-state index contributed by atoms with van der Waals surface area (Å²) in [5.74, 6) is 0.256. The topological polar surface area (TPSA) is 105 Å². The number of nitrogens with one attached hydrogen (secondary N) is 1. The highest BCUT2D eigenvalue weighted by Crippen LogP contribution is 2.19. The van der Waals surface area contributed by atoms with E-state index in [4.69, 9.17) is 5.11 Å². The standard InChI is InChI=1S/C8H9N3O4S2/c12-3-6-1-7(4-16-6)17(13,14)10-2-8-9-5-15-11-8/h1,4-5,10,12H,2-3H2. The summed E-state index contributed by atoms with van der Waals surface area (Å²) in [5.41, 5.74) is 0. The Morgan fingerprint density at radius 1 is 1.53 bits per heavy atom. The summed E-state index contributed by atoms with van der Waals surface area (Å²) >= 11 is 1.18. The molecule has 0 aromatic carbocycles. The van der Waals surface area contributed by atoms with Crippen LogP contribution in [0.3, 0.4) is 0 Å². The molecule has 0 saturated carbocycles. The lowest BCUT2D eigenvalue weighted by atomic mass is 10.5. The summed E-state index contributed by atoms with van der Waals surface area (Å²) in [5, 5.41) is 13.8. The van der Waals surface area contributed by atoms with Crippen molar-refractivity contribution in [2.24, 2.45) is 0 Å². The zero-order valence-electron chi connectivity index (χ0n) is 8.53. The predicted molar refractivity (Wildman–Crippen MR) is 58.6 cm³/mol. The maximum atomic E-state index is 11.8. The van der Waals surface area contributed by atoms with E-state index in [0.717, 1.165) is 6.39 Å². The number of nitrogens with zero attached hydrogens (tertiary/aromatic N) is 2. The van der Waals surface area contributed by atoms with E-state index in [1.54, 1.807) is 0 Å². The first-order chi connectivity index (χ1) is 8.12. The summed E-state index contributed by atoms with van der Waals surface area (Å²) in [6.45, 7) is -0.214. The number of rotatable bonds is 5. The number of hydrogen-bond acceptors (Lipinski definition) is 7. The fraction of sp³-hybridized carbons (Fsp3) is 0.250. The molecule has 0 spiro atoms. The van der Waals surface area contributed by atoms with Crippen LogP contribution in [0, 0.1) is 0 Å². The third kappa shape index (κ3) is 2.88. The molecule has 0 aliphatic rings. The SMILES string of the molecule is O=S(=O)(NCc1ncon1)c1csc(CO)c1. The van der Waals surface area contributed by atoms with Gasteiger partial charge in [0.05, 0.1) is 18.0 Å². The molecule has 0 aliphatic heterocycles. The molecule has 0 aliphatic carbocycles. The van der Waals surface area contributed by atoms with Crippen LogP contribution in [0.4, 0.5) is 0 Å². The van der Waals surface area contributed by atoms with Gasteiger partial charge in [-0.2, -0.15) is 4.98 Å². The monoisotopic (exact) mass is 275 g/mol. The van der Waals surface area contributed by atoms with Crippen LogP contribution < -0.4 is 4.72 Å². The Kier molecular flexibility index (Phi) is 3.52. The van der Waals surface area contributed by atoms with E-state index < -0.39 is 10.0 Å². The number of aromatic nitrogens is 2. The van der Waals surface area contributed by atoms with Gasteiger partial charge < -0.3 is 9.63 Å². The highest BCUT2D eigenvalue weighted by Gasteiger charge is 2.16. The molecule has 7 nitrogen and oxygen atoms in total. The Labute approximate surface area is 101 Å². The molecule has 2 heterocycles. The summed E-state index contributed by atoms with van der Waals surface area (Å²) in [4.78, 5) is 4.40. The van der Waals surface area contributed by atoms with Crippen molar-refractivity contribution in [3.05, 3.63) is 28.5 Å². The molecule has 2 rings (SSSR count). The van der Waals surface area contributed by atoms with E-state index in [1.165, 1.54) is 22.8 Å². The van der Waals surface area contributed by atoms with Gasteiger partial charge in [-0.25, -0.2) is 13.1 Å². The lowest BCUT2D eigenvalue weighted by Crippen LogP contribution is -2.23. The van der Waals surface area contributed by atoms with Crippen molar-refractivity contribution in [1.82, 2.24) is 14.9 Å². The van der Waals surface area contributed by atoms with Gasteiger partial charge in [0.1, 0.15) is 0 Å². The molecule has 0 fully saturated rings. The molecule has 9 heteroatoms. The Morgan fingerprint density at radius 2 is 2.35 bits per heavy atom. The molecule has 0 amide bonds. The predicted octanol–water partition coefficient (Wildman–Crippen LogP) is 0.102. The van der Waals surface area contributed by atoms with Crippen LogP contribution in [0.15, 0.2) is 27.3 Å². The van der Waals surface area contributed by atoms with Gasteiger partial charge in [0.2, 0.25) is 16.4 Å². The van der Waals surface area contributed by atoms with E-state index in [-0.39, 0.29) is 23.9 Å². The molecule has 17 heavy (non-hydrogen) atoms. The van der Waals surface area contributed by atoms with Gasteiger partial charge >= 0.3 is 0 Å². The Bertz CT molecular complexity index is 576. The Hall–Kier alpha value is -1.29. The lowest BCUT2D eigenvalue weighted by Gasteiger charge is -2.01. The molecule has 2 aromatic heterocycles. The van der Waals surface area contributed by atoms with Crippen molar-refractivity contribution in [1.29, 1.82) is 0 Å². The van der Waals surface area contributed by atoms with Gasteiger partial charge in [0, 0.05) is 10.3 Å². The fourth-order valence-electron chi connectivity index (χ4n) is 1.10. The van der Waals surface area contributed by atoms with Crippen molar-refractivity contribution in [3.63, 3.8) is 0 Å². The summed E-state index contributed by atoms with van der Waals surface area (Å²) < 4.78 is 30.4. The number of aliphatic hydroxyl groups is 1. The largest absolute Gasteiger partial charge is 0.391 e. The van der Waals surface area contributed by atoms with E-state index in [2.05, 4.69) is 19.4 Å². The second-order valence-corrected chi connectivity index (χ2v) is 5.84. The minimum Gasteiger partial charge on any atom is -0.391 e. The smallest absolute Gasteiger partial charge is 0.241 e. The fourth-order valence-corrected chi connectivity index (χ4v) is 3.21. The number of thiophene rings is 1. The molecule has 92 valence electrons. The molecule has 0 radical (unpaired) electrons. The van der Waals surface area contributed by atoms with Crippen LogP contribution in [-0.2, 0) is 23.2 Å². The van der Waals surface area contributed by atoms with Crippen LogP contribution in [0.25, 0.3) is 0 Å². The van der Waals surface area contributed by atoms with Crippen LogP contribution in [0.1, 0.15) is 10.7 Å². The van der Waals surface area contributed by atoms with E-state index in [1.807, 2.05) is 0 Å². The van der Waals surface area contributed by atoms with E-state index >= 15 is 0 Å². The molecule has 0 atom stereocenters. The van der Waals surface area contributed by atoms with Gasteiger partial charge in [-0.15, -0.1) is 11.3 Å². The number of sulfonamides is 1. The van der Waals surface area contributed by atoms with Gasteiger partial charge in [-0.05, 0) is 6.07 Å². The third-order valence-electron chi connectivity index (χ3n) is 1.92. The molecule has 0 bridgehead atoms. The maximum Gasteiger partial charge on any atom is 0.241 e. The summed E-state index contributed by atoms with van der Waals surface area (Å²) in [6.07, 6.45) is 1.12. The molecular weight excluding hydrogens is 266 g/mol. The first-order valence-electron chi connectivity index (χ1n) is 4.55. The van der Waals surface area contributed by atoms with E-state index in [0.29, 0.717) is 4.88 Å². The van der Waals surface area contributed by atoms with Crippen LogP contribution in [0.2, 0.25) is 0 Å². The van der Waals surface area contributed by atoms with Gasteiger partial charge in [0.25, 0.3) is 0 Å². The highest BCUT2D eigenvalue weighted by atomic mass is 32.2. The second kappa shape index (κ2) is 4.92. The average Bonchev–Trinajstić information content (AvgIpc) is 2.98. The van der Waals surface area contributed by atoms with Crippen molar-refractivity contribution >= 4 is 21.4 Å². The van der Waals surface area contributed by atoms with E-state index in [9.17, 15) is 8.42 Å². The number of aliphatic hydroxyl groups excluding tert-OH is 1. The zero-order chi connectivity index (χ0) is 12.3. The first-order valence-corrected chi connectivity index (χ1v) is 6.91. The third-order valence-corrected chi connectivity index (χ3v) is 4.37. The summed E-state index contributed by atoms with van der Waals surface area (Å²) in [6, 6.07) is 1.42. The molecule has 0 saturated heterocycles. The number of hydrogen-bond donors (Lipinski definition) is 2. The molecule has 2 N–H and O–H groups in total. The first kappa shape index (κ1) is 12.2. The van der Waals surface area contributed by atoms with Gasteiger partial charge in [0.15, 0.2) is 5.82 Å². The van der Waals surface area contributed by atoms with Crippen molar-refractivity contribution in [3.8, 4) is 0 Å². The average molecular weight is 275 g/mol. The highest BCUT2D eigenvalue weighted by molar-refractivity contribution is 7.89. The lowest BCUT2D eigenvalue weighted by molar-refractivity contribution is 0.285. The normalized spacial score (nSPS) is 11.8. The van der Waals surface area contributed by atoms with Crippen molar-refractivity contribution < 1.29 is 18.0 Å². The van der Waals surface area contributed by atoms with Crippen molar-refractivity contribution in [2.75, 3.05) is 0 Å². The second-order valence-electron chi connectivity index (χ2n) is 3.08. The quantitative estimate of drug-likeness (QED) is 0.802. The van der Waals surface area contributed by atoms with Crippen LogP contribution >= 0.6 is 11.3 Å². The molecule has 2 aromatic rings. The zero-order valence-corrected chi connectivity index (χ0v) is 10.2. The van der Waals surface area contributed by atoms with Crippen LogP contribution in [0.5, 0.6) is 0 Å². The molecular formula is C8H9N3O4S2. The minimum absolute atomic E-state index is 0.0386. The Morgan fingerprint density at radius 3 is 2.94 bits per heavy atom. The minimum atomic E-state index is -3.60. The van der Waals surface area contributed by atoms with Crippen molar-refractivity contribution in [2.45, 2.75) is 18.0 Å². The van der Waals surface area contributed by atoms with Gasteiger partial charge in [-0.3, -0.25) is 0 Å².